The first-order chi connectivity index (χ1) is 18.7. The zero-order valence-corrected chi connectivity index (χ0v) is 24.3. The Morgan fingerprint density at radius 2 is 1.69 bits per heavy atom. The number of nitrogens with zero attached hydrogens (tertiary/aromatic N) is 3. The average Bonchev–Trinajstić information content (AvgIpc) is 3.19. The fourth-order valence-corrected chi connectivity index (χ4v) is 9.48. The minimum atomic E-state index is -0.911. The molecule has 1 N–H and O–H groups in total. The summed E-state index contributed by atoms with van der Waals surface area (Å²) in [6.07, 6.45) is 10.9. The molecule has 0 aromatic heterocycles. The Morgan fingerprint density at radius 3 is 2.36 bits per heavy atom. The Morgan fingerprint density at radius 1 is 0.974 bits per heavy atom. The van der Waals surface area contributed by atoms with Gasteiger partial charge < -0.3 is 19.8 Å². The molecule has 39 heavy (non-hydrogen) atoms. The zero-order valence-electron chi connectivity index (χ0n) is 23.5. The van der Waals surface area contributed by atoms with Crippen molar-refractivity contribution in [1.29, 1.82) is 0 Å². The SMILES string of the molecule is CCCC(C)N1CC=C[C@]23S[C@]4(C)C=CCN(CCC)C(=O)[C@@H]4[C@H]2C(=O)N([C@H](CO)c2ccccc2)C3C1=O. The molecule has 4 heterocycles. The van der Waals surface area contributed by atoms with Gasteiger partial charge in [-0.05, 0) is 32.3 Å². The molecule has 2 saturated heterocycles. The number of hydrogen-bond donors (Lipinski definition) is 1. The lowest BCUT2D eigenvalue weighted by Crippen LogP contribution is -2.56. The predicted octanol–water partition coefficient (Wildman–Crippen LogP) is 3.80. The maximum Gasteiger partial charge on any atom is 0.247 e. The monoisotopic (exact) mass is 551 g/mol. The molecule has 0 radical (unpaired) electrons. The van der Waals surface area contributed by atoms with Crippen LogP contribution in [0.25, 0.3) is 0 Å². The molecule has 1 aromatic carbocycles. The highest BCUT2D eigenvalue weighted by Crippen LogP contribution is 2.66. The standard InChI is InChI=1S/C31H41N3O4S/c1-5-12-21(3)33-19-11-16-31-25(24-27(36)32(17-6-2)18-10-15-30(24,4)39-31)28(37)34(26(31)29(33)38)23(20-35)22-13-8-7-9-14-22/h7-11,13-16,21,23-26,35H,5-6,12,17-20H2,1-4H3/t21?,23-,24+,25+,26?,30-,31+/m1/s1. The summed E-state index contributed by atoms with van der Waals surface area (Å²) in [5, 5.41) is 10.7. The summed E-state index contributed by atoms with van der Waals surface area (Å²) in [4.78, 5) is 48.8. The van der Waals surface area contributed by atoms with E-state index in [1.807, 2.05) is 52.3 Å². The van der Waals surface area contributed by atoms with Crippen molar-refractivity contribution < 1.29 is 19.5 Å². The lowest BCUT2D eigenvalue weighted by Gasteiger charge is -2.41. The molecular formula is C31H41N3O4S. The summed E-state index contributed by atoms with van der Waals surface area (Å²) >= 11 is 1.60. The number of fused-ring (bicyclic) bond motifs is 2. The number of carbonyl (C=O) groups is 3. The molecule has 210 valence electrons. The van der Waals surface area contributed by atoms with Crippen LogP contribution in [0.4, 0.5) is 0 Å². The van der Waals surface area contributed by atoms with Crippen LogP contribution in [0.2, 0.25) is 0 Å². The molecule has 4 aliphatic rings. The van der Waals surface area contributed by atoms with E-state index in [1.54, 1.807) is 16.7 Å². The van der Waals surface area contributed by atoms with Crippen molar-refractivity contribution in [2.75, 3.05) is 26.2 Å². The molecule has 5 rings (SSSR count). The van der Waals surface area contributed by atoms with Crippen molar-refractivity contribution in [3.8, 4) is 0 Å². The van der Waals surface area contributed by atoms with E-state index in [1.165, 1.54) is 0 Å². The molecule has 8 heteroatoms. The molecule has 2 fully saturated rings. The third kappa shape index (κ3) is 4.34. The van der Waals surface area contributed by atoms with Gasteiger partial charge in [0.05, 0.1) is 29.2 Å². The highest BCUT2D eigenvalue weighted by molar-refractivity contribution is 8.02. The first kappa shape index (κ1) is 28.0. The summed E-state index contributed by atoms with van der Waals surface area (Å²) in [5.74, 6) is -1.63. The fraction of sp³-hybridized carbons (Fsp3) is 0.581. The van der Waals surface area contributed by atoms with E-state index in [0.717, 1.165) is 24.8 Å². The van der Waals surface area contributed by atoms with E-state index in [4.69, 9.17) is 0 Å². The molecular weight excluding hydrogens is 510 g/mol. The van der Waals surface area contributed by atoms with Gasteiger partial charge >= 0.3 is 0 Å². The normalized spacial score (nSPS) is 33.5. The molecule has 7 nitrogen and oxygen atoms in total. The Labute approximate surface area is 236 Å². The van der Waals surface area contributed by atoms with E-state index in [0.29, 0.717) is 19.6 Å². The molecule has 0 bridgehead atoms. The van der Waals surface area contributed by atoms with Gasteiger partial charge in [0.25, 0.3) is 0 Å². The van der Waals surface area contributed by atoms with Crippen molar-refractivity contribution in [1.82, 2.24) is 14.7 Å². The van der Waals surface area contributed by atoms with Crippen LogP contribution in [0, 0.1) is 11.8 Å². The molecule has 2 unspecified atom stereocenters. The molecule has 1 aromatic rings. The zero-order chi connectivity index (χ0) is 27.9. The highest BCUT2D eigenvalue weighted by Gasteiger charge is 2.74. The number of aliphatic hydroxyl groups is 1. The van der Waals surface area contributed by atoms with Crippen molar-refractivity contribution in [3.63, 3.8) is 0 Å². The quantitative estimate of drug-likeness (QED) is 0.497. The van der Waals surface area contributed by atoms with Gasteiger partial charge in [0, 0.05) is 30.4 Å². The minimum absolute atomic E-state index is 0.0108. The van der Waals surface area contributed by atoms with Crippen molar-refractivity contribution in [3.05, 3.63) is 60.2 Å². The predicted molar refractivity (Wildman–Crippen MR) is 154 cm³/mol. The largest absolute Gasteiger partial charge is 0.394 e. The maximum absolute atomic E-state index is 14.7. The second kappa shape index (κ2) is 10.8. The summed E-state index contributed by atoms with van der Waals surface area (Å²) in [6.45, 7) is 9.59. The smallest absolute Gasteiger partial charge is 0.247 e. The minimum Gasteiger partial charge on any atom is -0.394 e. The molecule has 7 atom stereocenters. The number of rotatable bonds is 8. The topological polar surface area (TPSA) is 81.2 Å². The van der Waals surface area contributed by atoms with Gasteiger partial charge in [-0.15, -0.1) is 11.8 Å². The fourth-order valence-electron chi connectivity index (χ4n) is 7.34. The van der Waals surface area contributed by atoms with Gasteiger partial charge in [-0.2, -0.15) is 0 Å². The number of likely N-dealkylation sites (tertiary alicyclic amines) is 1. The first-order valence-corrected chi connectivity index (χ1v) is 15.2. The Balaban J connectivity index is 1.68. The third-order valence-electron chi connectivity index (χ3n) is 9.03. The van der Waals surface area contributed by atoms with Crippen molar-refractivity contribution in [2.45, 2.75) is 74.6 Å². The summed E-state index contributed by atoms with van der Waals surface area (Å²) < 4.78 is -1.54. The van der Waals surface area contributed by atoms with Crippen molar-refractivity contribution in [2.24, 2.45) is 11.8 Å². The number of benzene rings is 1. The Bertz CT molecular complexity index is 1170. The summed E-state index contributed by atoms with van der Waals surface area (Å²) in [6, 6.07) is 7.96. The Hall–Kier alpha value is -2.58. The lowest BCUT2D eigenvalue weighted by atomic mass is 9.74. The van der Waals surface area contributed by atoms with Gasteiger partial charge in [-0.25, -0.2) is 0 Å². The Kier molecular flexibility index (Phi) is 7.72. The van der Waals surface area contributed by atoms with Crippen LogP contribution < -0.4 is 0 Å². The van der Waals surface area contributed by atoms with Crippen LogP contribution >= 0.6 is 11.8 Å². The first-order valence-electron chi connectivity index (χ1n) is 14.4. The van der Waals surface area contributed by atoms with E-state index >= 15 is 0 Å². The van der Waals surface area contributed by atoms with Crippen LogP contribution in [0.1, 0.15) is 58.6 Å². The number of aliphatic hydroxyl groups excluding tert-OH is 1. The van der Waals surface area contributed by atoms with E-state index < -0.39 is 33.4 Å². The van der Waals surface area contributed by atoms with Crippen LogP contribution in [0.5, 0.6) is 0 Å². The maximum atomic E-state index is 14.7. The highest BCUT2D eigenvalue weighted by atomic mass is 32.2. The third-order valence-corrected chi connectivity index (χ3v) is 10.8. The van der Waals surface area contributed by atoms with Gasteiger partial charge in [-0.1, -0.05) is 74.9 Å². The van der Waals surface area contributed by atoms with Crippen LogP contribution in [-0.2, 0) is 14.4 Å². The summed E-state index contributed by atoms with van der Waals surface area (Å²) in [5.41, 5.74) is 0.783. The van der Waals surface area contributed by atoms with Gasteiger partial charge in [0.1, 0.15) is 6.04 Å². The lowest BCUT2D eigenvalue weighted by molar-refractivity contribution is -0.148. The van der Waals surface area contributed by atoms with E-state index in [2.05, 4.69) is 39.8 Å². The second-order valence-corrected chi connectivity index (χ2v) is 13.4. The van der Waals surface area contributed by atoms with Crippen molar-refractivity contribution >= 4 is 29.5 Å². The van der Waals surface area contributed by atoms with Crippen LogP contribution in [-0.4, -0.2) is 85.3 Å². The van der Waals surface area contributed by atoms with Crippen LogP contribution in [0.3, 0.4) is 0 Å². The molecule has 3 amide bonds. The molecule has 0 saturated carbocycles. The van der Waals surface area contributed by atoms with E-state index in [-0.39, 0.29) is 30.4 Å². The van der Waals surface area contributed by atoms with Crippen LogP contribution in [0.15, 0.2) is 54.6 Å². The molecule has 1 spiro atoms. The number of carbonyl (C=O) groups excluding carboxylic acids is 3. The molecule has 4 aliphatic heterocycles. The van der Waals surface area contributed by atoms with E-state index in [9.17, 15) is 19.5 Å². The average molecular weight is 552 g/mol. The number of thioether (sulfide) groups is 1. The van der Waals surface area contributed by atoms with Gasteiger partial charge in [-0.3, -0.25) is 14.4 Å². The summed E-state index contributed by atoms with van der Waals surface area (Å²) in [7, 11) is 0. The van der Waals surface area contributed by atoms with Gasteiger partial charge in [0.15, 0.2) is 0 Å². The number of amides is 3. The molecule has 0 aliphatic carbocycles. The number of hydrogen-bond acceptors (Lipinski definition) is 5. The second-order valence-electron chi connectivity index (χ2n) is 11.6. The van der Waals surface area contributed by atoms with Gasteiger partial charge in [0.2, 0.25) is 17.7 Å².